The second-order valence-corrected chi connectivity index (χ2v) is 4.38. The molecule has 0 unspecified atom stereocenters. The standard InChI is InChI=1S/C13H21N3O2/c1-10(2)9-18-8-7-15-13(17)11-5-4-6-12(14-3)16-11/h4-6,10H,7-9H2,1-3H3,(H,14,16)(H,15,17). The molecule has 0 radical (unpaired) electrons. The van der Waals surface area contributed by atoms with Crippen LogP contribution in [-0.4, -0.2) is 37.7 Å². The van der Waals surface area contributed by atoms with Crippen molar-refractivity contribution in [3.8, 4) is 0 Å². The average Bonchev–Trinajstić information content (AvgIpc) is 2.37. The van der Waals surface area contributed by atoms with Gasteiger partial charge in [0.25, 0.3) is 5.91 Å². The molecule has 1 amide bonds. The molecular formula is C13H21N3O2. The summed E-state index contributed by atoms with van der Waals surface area (Å²) in [6, 6.07) is 5.29. The minimum absolute atomic E-state index is 0.180. The van der Waals surface area contributed by atoms with Gasteiger partial charge in [0.2, 0.25) is 0 Å². The van der Waals surface area contributed by atoms with Crippen molar-refractivity contribution in [1.82, 2.24) is 10.3 Å². The molecule has 0 bridgehead atoms. The van der Waals surface area contributed by atoms with Gasteiger partial charge >= 0.3 is 0 Å². The Kier molecular flexibility index (Phi) is 6.14. The Hall–Kier alpha value is -1.62. The highest BCUT2D eigenvalue weighted by atomic mass is 16.5. The third-order valence-electron chi connectivity index (χ3n) is 2.22. The Balaban J connectivity index is 2.31. The van der Waals surface area contributed by atoms with E-state index in [-0.39, 0.29) is 5.91 Å². The van der Waals surface area contributed by atoms with E-state index in [0.717, 1.165) is 0 Å². The first-order chi connectivity index (χ1) is 8.63. The van der Waals surface area contributed by atoms with Gasteiger partial charge in [0.05, 0.1) is 6.61 Å². The van der Waals surface area contributed by atoms with Crippen molar-refractivity contribution in [3.05, 3.63) is 23.9 Å². The normalized spacial score (nSPS) is 10.4. The first-order valence-electron chi connectivity index (χ1n) is 6.14. The van der Waals surface area contributed by atoms with Crippen molar-refractivity contribution in [3.63, 3.8) is 0 Å². The van der Waals surface area contributed by atoms with Crippen LogP contribution in [0.4, 0.5) is 5.82 Å². The summed E-state index contributed by atoms with van der Waals surface area (Å²) >= 11 is 0. The number of amides is 1. The van der Waals surface area contributed by atoms with Crippen LogP contribution in [0.1, 0.15) is 24.3 Å². The second kappa shape index (κ2) is 7.66. The molecule has 1 aromatic rings. The largest absolute Gasteiger partial charge is 0.379 e. The summed E-state index contributed by atoms with van der Waals surface area (Å²) in [5.41, 5.74) is 0.408. The lowest BCUT2D eigenvalue weighted by atomic mass is 10.2. The van der Waals surface area contributed by atoms with E-state index in [4.69, 9.17) is 4.74 Å². The van der Waals surface area contributed by atoms with E-state index in [1.54, 1.807) is 19.2 Å². The van der Waals surface area contributed by atoms with Crippen LogP contribution in [0.25, 0.3) is 0 Å². The van der Waals surface area contributed by atoms with E-state index >= 15 is 0 Å². The molecule has 0 aromatic carbocycles. The monoisotopic (exact) mass is 251 g/mol. The fourth-order valence-corrected chi connectivity index (χ4v) is 1.35. The first kappa shape index (κ1) is 14.4. The smallest absolute Gasteiger partial charge is 0.270 e. The van der Waals surface area contributed by atoms with Crippen LogP contribution in [0.5, 0.6) is 0 Å². The van der Waals surface area contributed by atoms with Gasteiger partial charge in [0, 0.05) is 20.2 Å². The molecule has 0 aliphatic carbocycles. The van der Waals surface area contributed by atoms with E-state index < -0.39 is 0 Å². The number of hydrogen-bond donors (Lipinski definition) is 2. The lowest BCUT2D eigenvalue weighted by Crippen LogP contribution is -2.28. The summed E-state index contributed by atoms with van der Waals surface area (Å²) in [6.07, 6.45) is 0. The average molecular weight is 251 g/mol. The van der Waals surface area contributed by atoms with Crippen molar-refractivity contribution in [2.45, 2.75) is 13.8 Å². The van der Waals surface area contributed by atoms with E-state index in [1.165, 1.54) is 0 Å². The molecule has 100 valence electrons. The number of aromatic nitrogens is 1. The lowest BCUT2D eigenvalue weighted by molar-refractivity contribution is 0.0882. The van der Waals surface area contributed by atoms with Gasteiger partial charge in [-0.15, -0.1) is 0 Å². The van der Waals surface area contributed by atoms with Crippen LogP contribution in [-0.2, 0) is 4.74 Å². The third kappa shape index (κ3) is 5.14. The molecule has 0 fully saturated rings. The number of nitrogens with zero attached hydrogens (tertiary/aromatic N) is 1. The molecule has 1 aromatic heterocycles. The van der Waals surface area contributed by atoms with Crippen LogP contribution < -0.4 is 10.6 Å². The topological polar surface area (TPSA) is 63.2 Å². The number of pyridine rings is 1. The van der Waals surface area contributed by atoms with Crippen molar-refractivity contribution in [1.29, 1.82) is 0 Å². The number of nitrogens with one attached hydrogen (secondary N) is 2. The second-order valence-electron chi connectivity index (χ2n) is 4.38. The van der Waals surface area contributed by atoms with Crippen molar-refractivity contribution in [2.24, 2.45) is 5.92 Å². The summed E-state index contributed by atoms with van der Waals surface area (Å²) in [4.78, 5) is 15.9. The van der Waals surface area contributed by atoms with Gasteiger partial charge in [-0.1, -0.05) is 19.9 Å². The van der Waals surface area contributed by atoms with E-state index in [1.807, 2.05) is 6.07 Å². The quantitative estimate of drug-likeness (QED) is 0.721. The third-order valence-corrected chi connectivity index (χ3v) is 2.22. The molecule has 18 heavy (non-hydrogen) atoms. The molecule has 0 saturated heterocycles. The number of carbonyl (C=O) groups excluding carboxylic acids is 1. The molecule has 0 aliphatic rings. The maximum Gasteiger partial charge on any atom is 0.270 e. The Morgan fingerprint density at radius 1 is 1.44 bits per heavy atom. The zero-order chi connectivity index (χ0) is 13.4. The number of ether oxygens (including phenoxy) is 1. The molecule has 2 N–H and O–H groups in total. The Morgan fingerprint density at radius 3 is 2.89 bits per heavy atom. The van der Waals surface area contributed by atoms with Crippen molar-refractivity contribution >= 4 is 11.7 Å². The fourth-order valence-electron chi connectivity index (χ4n) is 1.35. The summed E-state index contributed by atoms with van der Waals surface area (Å²) in [5, 5.41) is 5.67. The zero-order valence-electron chi connectivity index (χ0n) is 11.2. The highest BCUT2D eigenvalue weighted by Gasteiger charge is 2.06. The first-order valence-corrected chi connectivity index (χ1v) is 6.14. The predicted molar refractivity (Wildman–Crippen MR) is 71.8 cm³/mol. The highest BCUT2D eigenvalue weighted by molar-refractivity contribution is 5.92. The molecule has 5 heteroatoms. The van der Waals surface area contributed by atoms with E-state index in [9.17, 15) is 4.79 Å². The Morgan fingerprint density at radius 2 is 2.22 bits per heavy atom. The van der Waals surface area contributed by atoms with Crippen LogP contribution in [0.15, 0.2) is 18.2 Å². The summed E-state index contributed by atoms with van der Waals surface area (Å²) in [5.74, 6) is 1.01. The van der Waals surface area contributed by atoms with Crippen LogP contribution in [0.2, 0.25) is 0 Å². The minimum Gasteiger partial charge on any atom is -0.379 e. The van der Waals surface area contributed by atoms with Crippen molar-refractivity contribution < 1.29 is 9.53 Å². The molecule has 1 heterocycles. The number of anilines is 1. The number of rotatable bonds is 7. The molecule has 0 spiro atoms. The molecular weight excluding hydrogens is 230 g/mol. The van der Waals surface area contributed by atoms with E-state index in [2.05, 4.69) is 29.5 Å². The number of hydrogen-bond acceptors (Lipinski definition) is 4. The van der Waals surface area contributed by atoms with Gasteiger partial charge < -0.3 is 15.4 Å². The van der Waals surface area contributed by atoms with Gasteiger partial charge in [0.15, 0.2) is 0 Å². The fraction of sp³-hybridized carbons (Fsp3) is 0.538. The van der Waals surface area contributed by atoms with Gasteiger partial charge in [-0.3, -0.25) is 4.79 Å². The maximum atomic E-state index is 11.8. The van der Waals surface area contributed by atoms with Crippen LogP contribution in [0.3, 0.4) is 0 Å². The van der Waals surface area contributed by atoms with Crippen LogP contribution in [0, 0.1) is 5.92 Å². The lowest BCUT2D eigenvalue weighted by Gasteiger charge is -2.08. The van der Waals surface area contributed by atoms with Crippen LogP contribution >= 0.6 is 0 Å². The number of carbonyl (C=O) groups is 1. The minimum atomic E-state index is -0.180. The maximum absolute atomic E-state index is 11.8. The van der Waals surface area contributed by atoms with Gasteiger partial charge in [0.1, 0.15) is 11.5 Å². The van der Waals surface area contributed by atoms with E-state index in [0.29, 0.717) is 37.2 Å². The van der Waals surface area contributed by atoms with Crippen molar-refractivity contribution in [2.75, 3.05) is 32.1 Å². The zero-order valence-corrected chi connectivity index (χ0v) is 11.2. The Labute approximate surface area is 108 Å². The molecule has 1 rings (SSSR count). The molecule has 0 saturated carbocycles. The summed E-state index contributed by atoms with van der Waals surface area (Å²) < 4.78 is 5.38. The summed E-state index contributed by atoms with van der Waals surface area (Å²) in [6.45, 7) is 5.91. The summed E-state index contributed by atoms with van der Waals surface area (Å²) in [7, 11) is 1.77. The van der Waals surface area contributed by atoms with Gasteiger partial charge in [-0.2, -0.15) is 0 Å². The SMILES string of the molecule is CNc1cccc(C(=O)NCCOCC(C)C)n1. The molecule has 5 nitrogen and oxygen atoms in total. The Bertz CT molecular complexity index is 380. The van der Waals surface area contributed by atoms with Gasteiger partial charge in [-0.05, 0) is 18.1 Å². The molecule has 0 atom stereocenters. The molecule has 0 aliphatic heterocycles. The van der Waals surface area contributed by atoms with Gasteiger partial charge in [-0.25, -0.2) is 4.98 Å². The highest BCUT2D eigenvalue weighted by Crippen LogP contribution is 2.03. The predicted octanol–water partition coefficient (Wildman–Crippen LogP) is 1.53.